The molecule has 2 aromatic heterocycles. The van der Waals surface area contributed by atoms with Crippen molar-refractivity contribution in [1.82, 2.24) is 10.0 Å². The molecule has 2 aliphatic rings. The Kier molecular flexibility index (Phi) is 6.75. The molecular weight excluding hydrogens is 414 g/mol. The topological polar surface area (TPSA) is 92.5 Å². The molecule has 31 heavy (non-hydrogen) atoms. The van der Waals surface area contributed by atoms with E-state index in [0.29, 0.717) is 38.0 Å². The van der Waals surface area contributed by atoms with Crippen molar-refractivity contribution in [1.29, 1.82) is 5.26 Å². The van der Waals surface area contributed by atoms with E-state index in [2.05, 4.69) is 11.1 Å². The van der Waals surface area contributed by atoms with Crippen LogP contribution in [0.2, 0.25) is 0 Å². The minimum atomic E-state index is -0.443. The number of fused-ring (bicyclic) bond motifs is 1. The SMILES string of the molecule is N#Cc1c(CC(=O)/C=C/c2cccnc2)sc2c1CCC(OC(=O)N1CCCCO1)C2. The van der Waals surface area contributed by atoms with Crippen molar-refractivity contribution in [2.24, 2.45) is 0 Å². The summed E-state index contributed by atoms with van der Waals surface area (Å²) in [6.45, 7) is 1.08. The zero-order valence-electron chi connectivity index (χ0n) is 17.1. The van der Waals surface area contributed by atoms with E-state index >= 15 is 0 Å². The van der Waals surface area contributed by atoms with Gasteiger partial charge in [0.15, 0.2) is 5.78 Å². The van der Waals surface area contributed by atoms with Gasteiger partial charge in [-0.2, -0.15) is 10.3 Å². The fourth-order valence-electron chi connectivity index (χ4n) is 3.79. The molecule has 8 heteroatoms. The van der Waals surface area contributed by atoms with E-state index in [4.69, 9.17) is 9.57 Å². The number of pyridine rings is 1. The summed E-state index contributed by atoms with van der Waals surface area (Å²) in [5.41, 5.74) is 2.45. The summed E-state index contributed by atoms with van der Waals surface area (Å²) in [7, 11) is 0. The van der Waals surface area contributed by atoms with Crippen LogP contribution >= 0.6 is 11.3 Å². The van der Waals surface area contributed by atoms with Crippen molar-refractivity contribution >= 4 is 29.3 Å². The molecule has 0 bridgehead atoms. The summed E-state index contributed by atoms with van der Waals surface area (Å²) < 4.78 is 5.64. The number of carbonyl (C=O) groups is 2. The van der Waals surface area contributed by atoms with Gasteiger partial charge in [0.1, 0.15) is 12.2 Å². The lowest BCUT2D eigenvalue weighted by molar-refractivity contribution is -0.161. The van der Waals surface area contributed by atoms with E-state index in [1.54, 1.807) is 18.5 Å². The molecule has 7 nitrogen and oxygen atoms in total. The average Bonchev–Trinajstić information content (AvgIpc) is 3.15. The minimum Gasteiger partial charge on any atom is -0.444 e. The number of amides is 1. The number of rotatable bonds is 5. The smallest absolute Gasteiger partial charge is 0.434 e. The van der Waals surface area contributed by atoms with Gasteiger partial charge in [0.25, 0.3) is 0 Å². The van der Waals surface area contributed by atoms with Gasteiger partial charge in [-0.05, 0) is 55.0 Å². The molecule has 1 aliphatic heterocycles. The second kappa shape index (κ2) is 9.86. The van der Waals surface area contributed by atoms with Gasteiger partial charge in [0.05, 0.1) is 18.7 Å². The Morgan fingerprint density at radius 1 is 1.42 bits per heavy atom. The number of aromatic nitrogens is 1. The van der Waals surface area contributed by atoms with Crippen molar-refractivity contribution in [3.05, 3.63) is 57.0 Å². The van der Waals surface area contributed by atoms with E-state index in [1.165, 1.54) is 22.5 Å². The van der Waals surface area contributed by atoms with Gasteiger partial charge in [-0.3, -0.25) is 14.6 Å². The Morgan fingerprint density at radius 3 is 3.06 bits per heavy atom. The summed E-state index contributed by atoms with van der Waals surface area (Å²) in [5.74, 6) is -0.0656. The number of hydrogen-bond acceptors (Lipinski definition) is 7. The molecular formula is C23H23N3O4S. The van der Waals surface area contributed by atoms with Crippen LogP contribution in [0.1, 0.15) is 45.7 Å². The number of nitrogens with zero attached hydrogens (tertiary/aromatic N) is 3. The summed E-state index contributed by atoms with van der Waals surface area (Å²) >= 11 is 1.48. The molecule has 1 saturated heterocycles. The molecule has 0 N–H and O–H groups in total. The van der Waals surface area contributed by atoms with Gasteiger partial charge in [-0.15, -0.1) is 11.3 Å². The fourth-order valence-corrected chi connectivity index (χ4v) is 5.17. The number of hydrogen-bond donors (Lipinski definition) is 0. The molecule has 0 spiro atoms. The highest BCUT2D eigenvalue weighted by Crippen LogP contribution is 2.35. The largest absolute Gasteiger partial charge is 0.444 e. The van der Waals surface area contributed by atoms with Crippen molar-refractivity contribution in [2.45, 2.75) is 44.6 Å². The van der Waals surface area contributed by atoms with Gasteiger partial charge < -0.3 is 4.74 Å². The first-order chi connectivity index (χ1) is 15.1. The second-order valence-corrected chi connectivity index (χ2v) is 8.76. The standard InChI is InChI=1S/C23H23N3O4S/c24-14-20-19-8-7-18(30-23(28)26-10-1-2-11-29-26)13-22(19)31-21(20)12-17(27)6-5-16-4-3-9-25-15-16/h3-6,9,15,18H,1-2,7-8,10-13H2/b6-5+. The van der Waals surface area contributed by atoms with Crippen LogP contribution in [0.25, 0.3) is 6.08 Å². The molecule has 160 valence electrons. The maximum absolute atomic E-state index is 12.5. The number of ketones is 1. The van der Waals surface area contributed by atoms with Crippen LogP contribution in [0.15, 0.2) is 30.6 Å². The molecule has 1 aliphatic carbocycles. The molecule has 4 rings (SSSR count). The third kappa shape index (κ3) is 5.19. The molecule has 0 saturated carbocycles. The Balaban J connectivity index is 1.41. The van der Waals surface area contributed by atoms with E-state index in [-0.39, 0.29) is 18.3 Å². The number of thiophene rings is 1. The normalized spacial score (nSPS) is 18.4. The number of ether oxygens (including phenoxy) is 1. The Bertz CT molecular complexity index is 1020. The highest BCUT2D eigenvalue weighted by atomic mass is 32.1. The number of allylic oxidation sites excluding steroid dienone is 1. The summed E-state index contributed by atoms with van der Waals surface area (Å²) in [6, 6.07) is 5.96. The highest BCUT2D eigenvalue weighted by Gasteiger charge is 2.30. The van der Waals surface area contributed by atoms with Gasteiger partial charge >= 0.3 is 6.09 Å². The molecule has 1 fully saturated rings. The van der Waals surface area contributed by atoms with Crippen LogP contribution in [0.4, 0.5) is 4.79 Å². The zero-order valence-corrected chi connectivity index (χ0v) is 17.9. The van der Waals surface area contributed by atoms with Crippen LogP contribution < -0.4 is 0 Å². The highest BCUT2D eigenvalue weighted by molar-refractivity contribution is 7.12. The van der Waals surface area contributed by atoms with Crippen molar-refractivity contribution in [3.8, 4) is 6.07 Å². The first-order valence-corrected chi connectivity index (χ1v) is 11.2. The van der Waals surface area contributed by atoms with Gasteiger partial charge in [0, 0.05) is 35.0 Å². The lowest BCUT2D eigenvalue weighted by Crippen LogP contribution is -2.39. The minimum absolute atomic E-state index is 0.0656. The van der Waals surface area contributed by atoms with Gasteiger partial charge in [-0.25, -0.2) is 4.79 Å². The van der Waals surface area contributed by atoms with E-state index in [9.17, 15) is 14.9 Å². The number of carbonyl (C=O) groups excluding carboxylic acids is 2. The molecule has 2 aromatic rings. The van der Waals surface area contributed by atoms with E-state index < -0.39 is 6.09 Å². The third-order valence-electron chi connectivity index (χ3n) is 5.36. The maximum Gasteiger partial charge on any atom is 0.434 e. The Hall–Kier alpha value is -3.02. The van der Waals surface area contributed by atoms with Crippen LogP contribution in [0.5, 0.6) is 0 Å². The molecule has 1 unspecified atom stereocenters. The molecule has 0 aromatic carbocycles. The zero-order chi connectivity index (χ0) is 21.6. The number of hydroxylamine groups is 2. The van der Waals surface area contributed by atoms with Crippen LogP contribution in [-0.2, 0) is 33.6 Å². The predicted molar refractivity (Wildman–Crippen MR) is 115 cm³/mol. The first-order valence-electron chi connectivity index (χ1n) is 10.4. The second-order valence-electron chi connectivity index (χ2n) is 7.57. The lowest BCUT2D eigenvalue weighted by atomic mass is 9.92. The van der Waals surface area contributed by atoms with Crippen LogP contribution in [0, 0.1) is 11.3 Å². The predicted octanol–water partition coefficient (Wildman–Crippen LogP) is 3.86. The number of nitriles is 1. The van der Waals surface area contributed by atoms with Crippen molar-refractivity contribution in [2.75, 3.05) is 13.2 Å². The third-order valence-corrected chi connectivity index (χ3v) is 6.61. The average molecular weight is 438 g/mol. The first kappa shape index (κ1) is 21.2. The molecule has 1 amide bonds. The van der Waals surface area contributed by atoms with Crippen molar-refractivity contribution < 1.29 is 19.2 Å². The molecule has 1 atom stereocenters. The molecule has 3 heterocycles. The summed E-state index contributed by atoms with van der Waals surface area (Å²) in [4.78, 5) is 36.0. The maximum atomic E-state index is 12.5. The van der Waals surface area contributed by atoms with Gasteiger partial charge in [-0.1, -0.05) is 6.07 Å². The van der Waals surface area contributed by atoms with Crippen LogP contribution in [0.3, 0.4) is 0 Å². The monoisotopic (exact) mass is 437 g/mol. The van der Waals surface area contributed by atoms with Crippen molar-refractivity contribution in [3.63, 3.8) is 0 Å². The van der Waals surface area contributed by atoms with E-state index in [1.807, 2.05) is 12.1 Å². The fraction of sp³-hybridized carbons (Fsp3) is 0.391. The van der Waals surface area contributed by atoms with E-state index in [0.717, 1.165) is 33.7 Å². The summed E-state index contributed by atoms with van der Waals surface area (Å²) in [5, 5.41) is 11.0. The molecule has 0 radical (unpaired) electrons. The lowest BCUT2D eigenvalue weighted by Gasteiger charge is -2.28. The van der Waals surface area contributed by atoms with Crippen LogP contribution in [-0.4, -0.2) is 41.2 Å². The Morgan fingerprint density at radius 2 is 2.32 bits per heavy atom. The van der Waals surface area contributed by atoms with Gasteiger partial charge in [0.2, 0.25) is 0 Å². The summed E-state index contributed by atoms with van der Waals surface area (Å²) in [6.07, 6.45) is 9.85. The quantitative estimate of drug-likeness (QED) is 0.660. The Labute approximate surface area is 184 Å².